The Kier molecular flexibility index (Phi) is 6.89. The number of aliphatic hydroxyl groups is 1. The topological polar surface area (TPSA) is 44.7 Å². The summed E-state index contributed by atoms with van der Waals surface area (Å²) in [5.41, 5.74) is 0.848. The predicted molar refractivity (Wildman–Crippen MR) is 86.1 cm³/mol. The third-order valence-electron chi connectivity index (χ3n) is 3.92. The number of halogens is 2. The summed E-state index contributed by atoms with van der Waals surface area (Å²) in [6.07, 6.45) is 1.46. The molecule has 1 saturated heterocycles. The summed E-state index contributed by atoms with van der Waals surface area (Å²) in [5.74, 6) is -0.303. The van der Waals surface area contributed by atoms with E-state index in [0.717, 1.165) is 38.2 Å². The van der Waals surface area contributed by atoms with Crippen LogP contribution in [0, 0.1) is 5.82 Å². The Morgan fingerprint density at radius 2 is 2.14 bits per heavy atom. The van der Waals surface area contributed by atoms with E-state index in [2.05, 4.69) is 10.2 Å². The highest BCUT2D eigenvalue weighted by atomic mass is 35.5. The second kappa shape index (κ2) is 8.67. The fraction of sp³-hybridized carbons (Fsp3) is 0.625. The first-order valence-electron chi connectivity index (χ1n) is 7.84. The Balaban J connectivity index is 2.25. The van der Waals surface area contributed by atoms with Gasteiger partial charge in [-0.1, -0.05) is 11.6 Å². The van der Waals surface area contributed by atoms with Crippen LogP contribution in [0.3, 0.4) is 0 Å². The predicted octanol–water partition coefficient (Wildman–Crippen LogP) is 2.60. The second-order valence-electron chi connectivity index (χ2n) is 5.41. The van der Waals surface area contributed by atoms with Crippen LogP contribution in [-0.2, 0) is 0 Å². The zero-order chi connectivity index (χ0) is 15.9. The highest BCUT2D eigenvalue weighted by Crippen LogP contribution is 2.35. The molecule has 2 N–H and O–H groups in total. The minimum absolute atomic E-state index is 0.0666. The van der Waals surface area contributed by atoms with Crippen molar-refractivity contribution in [3.63, 3.8) is 0 Å². The van der Waals surface area contributed by atoms with E-state index in [9.17, 15) is 4.39 Å². The van der Waals surface area contributed by atoms with Gasteiger partial charge >= 0.3 is 0 Å². The van der Waals surface area contributed by atoms with E-state index < -0.39 is 5.82 Å². The number of rotatable bonds is 7. The van der Waals surface area contributed by atoms with Crippen molar-refractivity contribution >= 4 is 11.6 Å². The Labute approximate surface area is 136 Å². The first kappa shape index (κ1) is 17.5. The van der Waals surface area contributed by atoms with E-state index in [4.69, 9.17) is 21.4 Å². The minimum Gasteiger partial charge on any atom is -0.489 e. The summed E-state index contributed by atoms with van der Waals surface area (Å²) in [6.45, 7) is 5.96. The van der Waals surface area contributed by atoms with Crippen molar-refractivity contribution in [2.24, 2.45) is 0 Å². The molecule has 1 aliphatic rings. The molecule has 22 heavy (non-hydrogen) atoms. The lowest BCUT2D eigenvalue weighted by Crippen LogP contribution is -2.45. The Morgan fingerprint density at radius 1 is 1.41 bits per heavy atom. The molecule has 2 rings (SSSR count). The van der Waals surface area contributed by atoms with Crippen molar-refractivity contribution in [3.05, 3.63) is 28.5 Å². The Morgan fingerprint density at radius 3 is 2.73 bits per heavy atom. The van der Waals surface area contributed by atoms with Gasteiger partial charge in [-0.25, -0.2) is 4.39 Å². The van der Waals surface area contributed by atoms with Crippen molar-refractivity contribution in [2.75, 3.05) is 39.4 Å². The maximum Gasteiger partial charge on any atom is 0.173 e. The minimum atomic E-state index is -0.423. The molecule has 0 unspecified atom stereocenters. The van der Waals surface area contributed by atoms with Crippen LogP contribution in [0.2, 0.25) is 5.02 Å². The summed E-state index contributed by atoms with van der Waals surface area (Å²) >= 11 is 6.19. The third-order valence-corrected chi connectivity index (χ3v) is 4.20. The van der Waals surface area contributed by atoms with Crippen LogP contribution in [-0.4, -0.2) is 49.4 Å². The largest absolute Gasteiger partial charge is 0.489 e. The molecule has 0 radical (unpaired) electrons. The molecule has 4 nitrogen and oxygen atoms in total. The number of ether oxygens (including phenoxy) is 1. The molecule has 0 spiro atoms. The van der Waals surface area contributed by atoms with Gasteiger partial charge in [0.2, 0.25) is 0 Å². The van der Waals surface area contributed by atoms with Crippen LogP contribution >= 0.6 is 11.6 Å². The van der Waals surface area contributed by atoms with Gasteiger partial charge in [-0.2, -0.15) is 0 Å². The highest BCUT2D eigenvalue weighted by Gasteiger charge is 2.24. The van der Waals surface area contributed by atoms with Gasteiger partial charge in [-0.3, -0.25) is 4.90 Å². The molecule has 0 bridgehead atoms. The lowest BCUT2D eigenvalue weighted by atomic mass is 9.99. The van der Waals surface area contributed by atoms with E-state index in [1.165, 1.54) is 6.07 Å². The molecule has 0 aliphatic carbocycles. The lowest BCUT2D eigenvalue weighted by Gasteiger charge is -2.35. The quantitative estimate of drug-likeness (QED) is 0.806. The molecule has 1 fully saturated rings. The van der Waals surface area contributed by atoms with Gasteiger partial charge in [0.15, 0.2) is 11.6 Å². The maximum absolute atomic E-state index is 14.3. The van der Waals surface area contributed by atoms with Crippen LogP contribution in [0.5, 0.6) is 5.75 Å². The summed E-state index contributed by atoms with van der Waals surface area (Å²) < 4.78 is 19.5. The molecule has 1 heterocycles. The molecular weight excluding hydrogens is 307 g/mol. The normalized spacial score (nSPS) is 17.5. The van der Waals surface area contributed by atoms with Crippen molar-refractivity contribution in [1.82, 2.24) is 10.2 Å². The first-order chi connectivity index (χ1) is 10.7. The van der Waals surface area contributed by atoms with Crippen LogP contribution in [0.25, 0.3) is 0 Å². The van der Waals surface area contributed by atoms with Gasteiger partial charge in [0.05, 0.1) is 11.6 Å². The number of hydrogen-bond donors (Lipinski definition) is 2. The highest BCUT2D eigenvalue weighted by molar-refractivity contribution is 6.32. The summed E-state index contributed by atoms with van der Waals surface area (Å²) in [4.78, 5) is 2.32. The number of piperazine rings is 1. The van der Waals surface area contributed by atoms with E-state index in [0.29, 0.717) is 18.1 Å². The molecule has 0 amide bonds. The fourth-order valence-corrected chi connectivity index (χ4v) is 3.16. The van der Waals surface area contributed by atoms with E-state index >= 15 is 0 Å². The molecule has 1 atom stereocenters. The molecule has 1 aromatic carbocycles. The smallest absolute Gasteiger partial charge is 0.173 e. The van der Waals surface area contributed by atoms with Gasteiger partial charge in [-0.15, -0.1) is 0 Å². The van der Waals surface area contributed by atoms with Crippen LogP contribution in [0.15, 0.2) is 12.1 Å². The summed E-state index contributed by atoms with van der Waals surface area (Å²) in [6, 6.07) is 3.37. The monoisotopic (exact) mass is 330 g/mol. The molecule has 0 aromatic heterocycles. The van der Waals surface area contributed by atoms with Crippen LogP contribution in [0.4, 0.5) is 4.39 Å². The SMILES string of the molecule is CCOc1c(F)cc([C@H](CCCO)N2CCNCC2)cc1Cl. The third kappa shape index (κ3) is 4.32. The number of hydrogen-bond acceptors (Lipinski definition) is 4. The van der Waals surface area contributed by atoms with Crippen molar-refractivity contribution in [3.8, 4) is 5.75 Å². The van der Waals surface area contributed by atoms with Crippen molar-refractivity contribution in [2.45, 2.75) is 25.8 Å². The molecule has 0 saturated carbocycles. The number of nitrogens with zero attached hydrogens (tertiary/aromatic N) is 1. The molecule has 1 aromatic rings. The Hall–Kier alpha value is -0.880. The Bertz CT molecular complexity index is 458. The van der Waals surface area contributed by atoms with Gasteiger partial charge in [0.1, 0.15) is 0 Å². The molecule has 124 valence electrons. The van der Waals surface area contributed by atoms with Crippen molar-refractivity contribution in [1.29, 1.82) is 0 Å². The van der Waals surface area contributed by atoms with Crippen molar-refractivity contribution < 1.29 is 14.2 Å². The summed E-state index contributed by atoms with van der Waals surface area (Å²) in [7, 11) is 0. The zero-order valence-electron chi connectivity index (χ0n) is 12.9. The van der Waals surface area contributed by atoms with E-state index in [-0.39, 0.29) is 18.4 Å². The van der Waals surface area contributed by atoms with Gasteiger partial charge in [0.25, 0.3) is 0 Å². The van der Waals surface area contributed by atoms with Gasteiger partial charge in [0, 0.05) is 38.8 Å². The molecular formula is C16H24ClFN2O2. The van der Waals surface area contributed by atoms with Crippen LogP contribution < -0.4 is 10.1 Å². The van der Waals surface area contributed by atoms with Crippen LogP contribution in [0.1, 0.15) is 31.4 Å². The van der Waals surface area contributed by atoms with Gasteiger partial charge < -0.3 is 15.2 Å². The number of nitrogens with one attached hydrogen (secondary N) is 1. The van der Waals surface area contributed by atoms with E-state index in [1.807, 2.05) is 0 Å². The number of aliphatic hydroxyl groups excluding tert-OH is 1. The second-order valence-corrected chi connectivity index (χ2v) is 5.82. The average Bonchev–Trinajstić information content (AvgIpc) is 2.52. The first-order valence-corrected chi connectivity index (χ1v) is 8.22. The molecule has 1 aliphatic heterocycles. The summed E-state index contributed by atoms with van der Waals surface area (Å²) in [5, 5.41) is 12.8. The number of benzene rings is 1. The molecule has 6 heteroatoms. The lowest BCUT2D eigenvalue weighted by molar-refractivity contribution is 0.154. The van der Waals surface area contributed by atoms with Gasteiger partial charge in [-0.05, 0) is 37.5 Å². The zero-order valence-corrected chi connectivity index (χ0v) is 13.7. The average molecular weight is 331 g/mol. The van der Waals surface area contributed by atoms with E-state index in [1.54, 1.807) is 13.0 Å². The standard InChI is InChI=1S/C16H24ClFN2O2/c1-2-22-16-13(17)10-12(11-14(16)18)15(4-3-9-21)20-7-5-19-6-8-20/h10-11,15,19,21H,2-9H2,1H3/t15-/m0/s1. The maximum atomic E-state index is 14.3. The fourth-order valence-electron chi connectivity index (χ4n) is 2.89.